The Bertz CT molecular complexity index is 551. The van der Waals surface area contributed by atoms with Crippen LogP contribution in [0.1, 0.15) is 43.7 Å². The average molecular weight is 331 g/mol. The van der Waals surface area contributed by atoms with Crippen molar-refractivity contribution < 1.29 is 9.59 Å². The van der Waals surface area contributed by atoms with Crippen LogP contribution >= 0.6 is 0 Å². The number of piperidine rings is 1. The number of likely N-dealkylation sites (tertiary alicyclic amines) is 1. The van der Waals surface area contributed by atoms with E-state index >= 15 is 0 Å². The molecule has 1 aliphatic rings. The van der Waals surface area contributed by atoms with E-state index in [1.807, 2.05) is 17.9 Å². The number of carbonyl (C=O) groups excluding carboxylic acids is 2. The van der Waals surface area contributed by atoms with E-state index in [0.717, 1.165) is 25.7 Å². The van der Waals surface area contributed by atoms with Crippen molar-refractivity contribution in [1.82, 2.24) is 15.5 Å². The average Bonchev–Trinajstić information content (AvgIpc) is 2.58. The molecule has 0 spiro atoms. The first-order valence-electron chi connectivity index (χ1n) is 8.96. The second-order valence-electron chi connectivity index (χ2n) is 6.55. The van der Waals surface area contributed by atoms with Gasteiger partial charge in [-0.05, 0) is 38.2 Å². The lowest BCUT2D eigenvalue weighted by atomic mass is 10.0. The van der Waals surface area contributed by atoms with Gasteiger partial charge in [0.2, 0.25) is 5.91 Å². The van der Waals surface area contributed by atoms with Gasteiger partial charge in [-0.2, -0.15) is 0 Å². The molecule has 0 unspecified atom stereocenters. The fourth-order valence-electron chi connectivity index (χ4n) is 3.00. The molecule has 0 aliphatic carbocycles. The zero-order valence-electron chi connectivity index (χ0n) is 14.8. The molecule has 1 aromatic carbocycles. The number of urea groups is 1. The summed E-state index contributed by atoms with van der Waals surface area (Å²) in [4.78, 5) is 25.9. The number of aryl methyl sites for hydroxylation is 2. The summed E-state index contributed by atoms with van der Waals surface area (Å²) in [5.74, 6) is 0.102. The van der Waals surface area contributed by atoms with Crippen molar-refractivity contribution in [2.24, 2.45) is 0 Å². The number of hydrogen-bond donors (Lipinski definition) is 2. The molecule has 1 aromatic rings. The van der Waals surface area contributed by atoms with Crippen molar-refractivity contribution in [3.8, 4) is 0 Å². The van der Waals surface area contributed by atoms with E-state index in [0.29, 0.717) is 26.1 Å². The summed E-state index contributed by atoms with van der Waals surface area (Å²) in [6.45, 7) is 6.23. The molecule has 2 rings (SSSR count). The standard InChI is InChI=1S/C19H29N3O2/c1-3-11-20-19(24)22-12-9-17(10-13-22)21-18(23)8-7-16-6-4-5-15(2)14-16/h4-6,14,17H,3,7-13H2,1-2H3,(H,20,24)(H,21,23). The molecule has 0 saturated carbocycles. The highest BCUT2D eigenvalue weighted by molar-refractivity contribution is 5.77. The van der Waals surface area contributed by atoms with Crippen LogP contribution in [0.25, 0.3) is 0 Å². The molecule has 0 radical (unpaired) electrons. The normalized spacial score (nSPS) is 15.2. The molecule has 0 aromatic heterocycles. The minimum atomic E-state index is 0.0149. The summed E-state index contributed by atoms with van der Waals surface area (Å²) < 4.78 is 0. The van der Waals surface area contributed by atoms with Gasteiger partial charge in [-0.15, -0.1) is 0 Å². The first-order valence-corrected chi connectivity index (χ1v) is 8.96. The minimum absolute atomic E-state index is 0.0149. The maximum Gasteiger partial charge on any atom is 0.317 e. The van der Waals surface area contributed by atoms with Crippen LogP contribution in [0.5, 0.6) is 0 Å². The van der Waals surface area contributed by atoms with Gasteiger partial charge in [0.15, 0.2) is 0 Å². The number of rotatable bonds is 6. The predicted molar refractivity (Wildman–Crippen MR) is 95.9 cm³/mol. The van der Waals surface area contributed by atoms with Crippen LogP contribution in [0.3, 0.4) is 0 Å². The van der Waals surface area contributed by atoms with Crippen LogP contribution < -0.4 is 10.6 Å². The first kappa shape index (κ1) is 18.3. The fraction of sp³-hybridized carbons (Fsp3) is 0.579. The Morgan fingerprint density at radius 1 is 1.25 bits per heavy atom. The lowest BCUT2D eigenvalue weighted by molar-refractivity contribution is -0.122. The summed E-state index contributed by atoms with van der Waals surface area (Å²) in [5, 5.41) is 6.01. The molecule has 0 atom stereocenters. The van der Waals surface area contributed by atoms with Crippen LogP contribution in [-0.4, -0.2) is 42.5 Å². The Morgan fingerprint density at radius 2 is 2.00 bits per heavy atom. The number of carbonyl (C=O) groups is 2. The Morgan fingerprint density at radius 3 is 2.67 bits per heavy atom. The van der Waals surface area contributed by atoms with Crippen LogP contribution in [-0.2, 0) is 11.2 Å². The van der Waals surface area contributed by atoms with Gasteiger partial charge < -0.3 is 15.5 Å². The summed E-state index contributed by atoms with van der Waals surface area (Å²) in [6.07, 6.45) is 3.89. The van der Waals surface area contributed by atoms with Gasteiger partial charge >= 0.3 is 6.03 Å². The third-order valence-electron chi connectivity index (χ3n) is 4.40. The summed E-state index contributed by atoms with van der Waals surface area (Å²) >= 11 is 0. The molecule has 5 heteroatoms. The van der Waals surface area contributed by atoms with Gasteiger partial charge in [0, 0.05) is 32.1 Å². The largest absolute Gasteiger partial charge is 0.353 e. The molecule has 1 fully saturated rings. The summed E-state index contributed by atoms with van der Waals surface area (Å²) in [7, 11) is 0. The van der Waals surface area contributed by atoms with Gasteiger partial charge in [-0.3, -0.25) is 4.79 Å². The third-order valence-corrected chi connectivity index (χ3v) is 4.40. The quantitative estimate of drug-likeness (QED) is 0.842. The van der Waals surface area contributed by atoms with Gasteiger partial charge in [0.05, 0.1) is 0 Å². The molecule has 1 heterocycles. The zero-order chi connectivity index (χ0) is 17.4. The molecular formula is C19H29N3O2. The Hall–Kier alpha value is -2.04. The topological polar surface area (TPSA) is 61.4 Å². The molecule has 1 saturated heterocycles. The molecule has 3 amide bonds. The molecule has 5 nitrogen and oxygen atoms in total. The predicted octanol–water partition coefficient (Wildman–Crippen LogP) is 2.63. The maximum atomic E-state index is 12.1. The first-order chi connectivity index (χ1) is 11.6. The summed E-state index contributed by atoms with van der Waals surface area (Å²) in [6, 6.07) is 8.48. The Kier molecular flexibility index (Phi) is 7.09. The van der Waals surface area contributed by atoms with Crippen molar-refractivity contribution in [1.29, 1.82) is 0 Å². The number of hydrogen-bond acceptors (Lipinski definition) is 2. The van der Waals surface area contributed by atoms with Crippen molar-refractivity contribution in [3.63, 3.8) is 0 Å². The molecule has 132 valence electrons. The molecule has 1 aliphatic heterocycles. The van der Waals surface area contributed by atoms with Gasteiger partial charge in [-0.1, -0.05) is 36.8 Å². The summed E-state index contributed by atoms with van der Waals surface area (Å²) in [5.41, 5.74) is 2.43. The van der Waals surface area contributed by atoms with Crippen molar-refractivity contribution in [2.45, 2.75) is 52.0 Å². The highest BCUT2D eigenvalue weighted by Gasteiger charge is 2.23. The number of benzene rings is 1. The maximum absolute atomic E-state index is 12.1. The Balaban J connectivity index is 1.67. The Labute approximate surface area is 144 Å². The number of nitrogens with zero attached hydrogens (tertiary/aromatic N) is 1. The molecule has 2 N–H and O–H groups in total. The number of amides is 3. The van der Waals surface area contributed by atoms with Crippen LogP contribution in [0.4, 0.5) is 4.79 Å². The van der Waals surface area contributed by atoms with E-state index in [9.17, 15) is 9.59 Å². The van der Waals surface area contributed by atoms with E-state index < -0.39 is 0 Å². The van der Waals surface area contributed by atoms with Gasteiger partial charge in [-0.25, -0.2) is 4.79 Å². The molecule has 0 bridgehead atoms. The zero-order valence-corrected chi connectivity index (χ0v) is 14.8. The monoisotopic (exact) mass is 331 g/mol. The van der Waals surface area contributed by atoms with E-state index in [2.05, 4.69) is 35.8 Å². The van der Waals surface area contributed by atoms with E-state index in [1.165, 1.54) is 11.1 Å². The van der Waals surface area contributed by atoms with Crippen molar-refractivity contribution in [3.05, 3.63) is 35.4 Å². The molecule has 24 heavy (non-hydrogen) atoms. The van der Waals surface area contributed by atoms with E-state index in [1.54, 1.807) is 0 Å². The highest BCUT2D eigenvalue weighted by Crippen LogP contribution is 2.11. The second kappa shape index (κ2) is 9.30. The minimum Gasteiger partial charge on any atom is -0.353 e. The second-order valence-corrected chi connectivity index (χ2v) is 6.55. The van der Waals surface area contributed by atoms with Crippen LogP contribution in [0, 0.1) is 6.92 Å². The lowest BCUT2D eigenvalue weighted by Crippen LogP contribution is -2.49. The van der Waals surface area contributed by atoms with Gasteiger partial charge in [0.25, 0.3) is 0 Å². The van der Waals surface area contributed by atoms with Crippen molar-refractivity contribution in [2.75, 3.05) is 19.6 Å². The number of nitrogens with one attached hydrogen (secondary N) is 2. The lowest BCUT2D eigenvalue weighted by Gasteiger charge is -2.32. The van der Waals surface area contributed by atoms with Gasteiger partial charge in [0.1, 0.15) is 0 Å². The van der Waals surface area contributed by atoms with Crippen LogP contribution in [0.15, 0.2) is 24.3 Å². The molecular weight excluding hydrogens is 302 g/mol. The SMILES string of the molecule is CCCNC(=O)N1CCC(NC(=O)CCc2cccc(C)c2)CC1. The van der Waals surface area contributed by atoms with E-state index in [4.69, 9.17) is 0 Å². The third kappa shape index (κ3) is 5.87. The van der Waals surface area contributed by atoms with E-state index in [-0.39, 0.29) is 18.0 Å². The smallest absolute Gasteiger partial charge is 0.317 e. The fourth-order valence-corrected chi connectivity index (χ4v) is 3.00. The highest BCUT2D eigenvalue weighted by atomic mass is 16.2. The van der Waals surface area contributed by atoms with Crippen LogP contribution in [0.2, 0.25) is 0 Å². The van der Waals surface area contributed by atoms with Crippen molar-refractivity contribution >= 4 is 11.9 Å².